The van der Waals surface area contributed by atoms with Gasteiger partial charge in [-0.3, -0.25) is 0 Å². The van der Waals surface area contributed by atoms with Crippen LogP contribution in [0.5, 0.6) is 11.5 Å². The molecule has 0 aliphatic rings. The van der Waals surface area contributed by atoms with Gasteiger partial charge in [0, 0.05) is 11.6 Å². The number of methoxy groups -OCH3 is 2. The molecule has 0 fully saturated rings. The summed E-state index contributed by atoms with van der Waals surface area (Å²) in [5, 5.41) is -0.556. The van der Waals surface area contributed by atoms with Crippen molar-refractivity contribution in [1.82, 2.24) is 0 Å². The minimum absolute atomic E-state index is 0.375. The van der Waals surface area contributed by atoms with E-state index in [1.54, 1.807) is 19.2 Å². The molecule has 2 aromatic rings. The van der Waals surface area contributed by atoms with E-state index < -0.39 is 5.38 Å². The van der Waals surface area contributed by atoms with Crippen LogP contribution in [0.4, 0.5) is 4.39 Å². The van der Waals surface area contributed by atoms with Crippen LogP contribution in [0, 0.1) is 19.7 Å². The zero-order chi connectivity index (χ0) is 15.6. The van der Waals surface area contributed by atoms with Crippen LogP contribution in [0.1, 0.15) is 27.6 Å². The molecule has 21 heavy (non-hydrogen) atoms. The van der Waals surface area contributed by atoms with Crippen molar-refractivity contribution in [3.05, 3.63) is 58.4 Å². The van der Waals surface area contributed by atoms with E-state index >= 15 is 0 Å². The summed E-state index contributed by atoms with van der Waals surface area (Å²) in [6.07, 6.45) is 0. The molecule has 1 unspecified atom stereocenters. The summed E-state index contributed by atoms with van der Waals surface area (Å²) in [4.78, 5) is 0. The van der Waals surface area contributed by atoms with Crippen molar-refractivity contribution in [2.24, 2.45) is 0 Å². The lowest BCUT2D eigenvalue weighted by Gasteiger charge is -2.16. The normalized spacial score (nSPS) is 12.1. The number of benzene rings is 2. The van der Waals surface area contributed by atoms with E-state index in [2.05, 4.69) is 0 Å². The average Bonchev–Trinajstić information content (AvgIpc) is 2.46. The van der Waals surface area contributed by atoms with Gasteiger partial charge in [0.1, 0.15) is 17.3 Å². The summed E-state index contributed by atoms with van der Waals surface area (Å²) in [6.45, 7) is 3.90. The van der Waals surface area contributed by atoms with E-state index in [-0.39, 0.29) is 5.82 Å². The predicted octanol–water partition coefficient (Wildman–Crippen LogP) is 4.79. The molecule has 112 valence electrons. The maximum absolute atomic E-state index is 14.1. The lowest BCUT2D eigenvalue weighted by molar-refractivity contribution is 0.408. The van der Waals surface area contributed by atoms with Gasteiger partial charge in [-0.1, -0.05) is 18.2 Å². The summed E-state index contributed by atoms with van der Waals surface area (Å²) in [5.74, 6) is 0.931. The topological polar surface area (TPSA) is 18.5 Å². The smallest absolute Gasteiger partial charge is 0.131 e. The van der Waals surface area contributed by atoms with Crippen LogP contribution in [0.15, 0.2) is 30.3 Å². The SMILES string of the molecule is COc1ccc(C(Cl)c2cc(C)c(OC)c(C)c2)c(F)c1. The number of ether oxygens (including phenoxy) is 2. The van der Waals surface area contributed by atoms with Crippen molar-refractivity contribution < 1.29 is 13.9 Å². The molecule has 4 heteroatoms. The van der Waals surface area contributed by atoms with Gasteiger partial charge >= 0.3 is 0 Å². The summed E-state index contributed by atoms with van der Waals surface area (Å²) in [6, 6.07) is 8.55. The first-order valence-corrected chi connectivity index (χ1v) is 7.04. The largest absolute Gasteiger partial charge is 0.497 e. The molecule has 1 atom stereocenters. The first kappa shape index (κ1) is 15.6. The number of aryl methyl sites for hydroxylation is 2. The molecule has 0 saturated heterocycles. The Hall–Kier alpha value is -1.74. The highest BCUT2D eigenvalue weighted by molar-refractivity contribution is 6.22. The molecule has 0 bridgehead atoms. The molecule has 0 heterocycles. The van der Waals surface area contributed by atoms with E-state index in [0.29, 0.717) is 11.3 Å². The summed E-state index contributed by atoms with van der Waals surface area (Å²) >= 11 is 6.45. The van der Waals surface area contributed by atoms with Gasteiger partial charge in [-0.15, -0.1) is 11.6 Å². The highest BCUT2D eigenvalue weighted by Crippen LogP contribution is 2.35. The molecular formula is C17H18ClFO2. The number of halogens is 2. The second kappa shape index (κ2) is 6.35. The van der Waals surface area contributed by atoms with Crippen LogP contribution in [-0.4, -0.2) is 14.2 Å². The van der Waals surface area contributed by atoms with E-state index in [0.717, 1.165) is 22.4 Å². The molecular weight excluding hydrogens is 291 g/mol. The zero-order valence-electron chi connectivity index (χ0n) is 12.5. The van der Waals surface area contributed by atoms with Crippen molar-refractivity contribution >= 4 is 11.6 Å². The third-order valence-electron chi connectivity index (χ3n) is 3.46. The van der Waals surface area contributed by atoms with Gasteiger partial charge in [-0.2, -0.15) is 0 Å². The molecule has 0 N–H and O–H groups in total. The predicted molar refractivity (Wildman–Crippen MR) is 83.1 cm³/mol. The monoisotopic (exact) mass is 308 g/mol. The summed E-state index contributed by atoms with van der Waals surface area (Å²) < 4.78 is 24.5. The third-order valence-corrected chi connectivity index (χ3v) is 3.95. The molecule has 2 aromatic carbocycles. The fraction of sp³-hybridized carbons (Fsp3) is 0.294. The van der Waals surface area contributed by atoms with Crippen LogP contribution in [0.3, 0.4) is 0 Å². The van der Waals surface area contributed by atoms with E-state index in [4.69, 9.17) is 21.1 Å². The Morgan fingerprint density at radius 1 is 1.00 bits per heavy atom. The van der Waals surface area contributed by atoms with Crippen molar-refractivity contribution in [3.63, 3.8) is 0 Å². The molecule has 0 aliphatic heterocycles. The molecule has 0 aromatic heterocycles. The Morgan fingerprint density at radius 2 is 1.62 bits per heavy atom. The standard InChI is InChI=1S/C17H18ClFO2/c1-10-7-12(8-11(2)17(10)21-4)16(18)14-6-5-13(20-3)9-15(14)19/h5-9,16H,1-4H3. The minimum atomic E-state index is -0.556. The highest BCUT2D eigenvalue weighted by atomic mass is 35.5. The van der Waals surface area contributed by atoms with Crippen molar-refractivity contribution in [2.75, 3.05) is 14.2 Å². The highest BCUT2D eigenvalue weighted by Gasteiger charge is 2.18. The number of hydrogen-bond donors (Lipinski definition) is 0. The minimum Gasteiger partial charge on any atom is -0.497 e. The molecule has 0 amide bonds. The first-order chi connectivity index (χ1) is 9.97. The van der Waals surface area contributed by atoms with Gasteiger partial charge in [0.15, 0.2) is 0 Å². The van der Waals surface area contributed by atoms with Gasteiger partial charge in [-0.25, -0.2) is 4.39 Å². The van der Waals surface area contributed by atoms with Crippen molar-refractivity contribution in [3.8, 4) is 11.5 Å². The van der Waals surface area contributed by atoms with Gasteiger partial charge in [0.2, 0.25) is 0 Å². The van der Waals surface area contributed by atoms with E-state index in [1.165, 1.54) is 13.2 Å². The Labute approximate surface area is 129 Å². The fourth-order valence-electron chi connectivity index (χ4n) is 2.47. The van der Waals surface area contributed by atoms with Gasteiger partial charge in [0.05, 0.1) is 19.6 Å². The quantitative estimate of drug-likeness (QED) is 0.756. The third kappa shape index (κ3) is 3.13. The maximum atomic E-state index is 14.1. The van der Waals surface area contributed by atoms with E-state index in [9.17, 15) is 4.39 Å². The molecule has 0 radical (unpaired) electrons. The lowest BCUT2D eigenvalue weighted by Crippen LogP contribution is -2.00. The first-order valence-electron chi connectivity index (χ1n) is 6.60. The van der Waals surface area contributed by atoms with Crippen molar-refractivity contribution in [1.29, 1.82) is 0 Å². The van der Waals surface area contributed by atoms with Crippen LogP contribution in [0.25, 0.3) is 0 Å². The average molecular weight is 309 g/mol. The van der Waals surface area contributed by atoms with Crippen LogP contribution < -0.4 is 9.47 Å². The Bertz CT molecular complexity index is 632. The molecule has 0 saturated carbocycles. The zero-order valence-corrected chi connectivity index (χ0v) is 13.3. The second-order valence-corrected chi connectivity index (χ2v) is 5.37. The fourth-order valence-corrected chi connectivity index (χ4v) is 2.77. The van der Waals surface area contributed by atoms with Gasteiger partial charge in [-0.05, 0) is 36.6 Å². The number of hydrogen-bond acceptors (Lipinski definition) is 2. The molecule has 2 nitrogen and oxygen atoms in total. The van der Waals surface area contributed by atoms with Gasteiger partial charge < -0.3 is 9.47 Å². The summed E-state index contributed by atoms with van der Waals surface area (Å²) in [7, 11) is 3.14. The number of rotatable bonds is 4. The molecule has 0 spiro atoms. The van der Waals surface area contributed by atoms with Crippen LogP contribution >= 0.6 is 11.6 Å². The Kier molecular flexibility index (Phi) is 4.73. The molecule has 2 rings (SSSR count). The number of alkyl halides is 1. The second-order valence-electron chi connectivity index (χ2n) is 4.94. The molecule has 0 aliphatic carbocycles. The Morgan fingerprint density at radius 3 is 2.10 bits per heavy atom. The van der Waals surface area contributed by atoms with Gasteiger partial charge in [0.25, 0.3) is 0 Å². The summed E-state index contributed by atoms with van der Waals surface area (Å²) in [5.41, 5.74) is 3.23. The van der Waals surface area contributed by atoms with E-state index in [1.807, 2.05) is 26.0 Å². The lowest BCUT2D eigenvalue weighted by atomic mass is 9.99. The van der Waals surface area contributed by atoms with Crippen molar-refractivity contribution in [2.45, 2.75) is 19.2 Å². The maximum Gasteiger partial charge on any atom is 0.131 e. The van der Waals surface area contributed by atoms with Crippen LogP contribution in [0.2, 0.25) is 0 Å². The Balaban J connectivity index is 2.42. The van der Waals surface area contributed by atoms with Crippen LogP contribution in [-0.2, 0) is 0 Å².